The highest BCUT2D eigenvalue weighted by Gasteiger charge is 2.07. The predicted molar refractivity (Wildman–Crippen MR) is 105 cm³/mol. The van der Waals surface area contributed by atoms with Crippen LogP contribution in [0, 0.1) is 5.82 Å². The van der Waals surface area contributed by atoms with Crippen molar-refractivity contribution in [2.75, 3.05) is 12.8 Å². The van der Waals surface area contributed by atoms with E-state index in [1.807, 2.05) is 35.3 Å². The zero-order valence-electron chi connectivity index (χ0n) is 14.0. The van der Waals surface area contributed by atoms with Crippen LogP contribution in [0.2, 0.25) is 0 Å². The molecule has 6 heteroatoms. The van der Waals surface area contributed by atoms with E-state index in [1.165, 1.54) is 28.4 Å². The zero-order chi connectivity index (χ0) is 17.6. The molecule has 1 aromatic heterocycles. The van der Waals surface area contributed by atoms with Gasteiger partial charge in [0.25, 0.3) is 0 Å². The summed E-state index contributed by atoms with van der Waals surface area (Å²) < 4.78 is 15.0. The van der Waals surface area contributed by atoms with E-state index in [-0.39, 0.29) is 5.82 Å². The number of thioether (sulfide) groups is 1. The molecule has 25 heavy (non-hydrogen) atoms. The van der Waals surface area contributed by atoms with Gasteiger partial charge in [0.05, 0.1) is 11.9 Å². The van der Waals surface area contributed by atoms with Gasteiger partial charge in [0.15, 0.2) is 0 Å². The number of halogens is 1. The largest absolute Gasteiger partial charge is 0.258 e. The number of aromatic nitrogens is 1. The summed E-state index contributed by atoms with van der Waals surface area (Å²) in [5.74, 6) is -0.249. The third kappa shape index (κ3) is 4.27. The lowest BCUT2D eigenvalue weighted by atomic mass is 10.2. The summed E-state index contributed by atoms with van der Waals surface area (Å²) in [5.41, 5.74) is 2.82. The fourth-order valence-electron chi connectivity index (χ4n) is 2.29. The molecule has 0 aliphatic heterocycles. The molecule has 3 aromatic rings. The van der Waals surface area contributed by atoms with Gasteiger partial charge in [-0.1, -0.05) is 12.1 Å². The molecule has 0 atom stereocenters. The summed E-state index contributed by atoms with van der Waals surface area (Å²) in [6, 6.07) is 14.6. The van der Waals surface area contributed by atoms with Gasteiger partial charge in [-0.2, -0.15) is 5.10 Å². The number of thiazole rings is 1. The van der Waals surface area contributed by atoms with Crippen molar-refractivity contribution in [2.45, 2.75) is 11.8 Å². The average molecular weight is 372 g/mol. The summed E-state index contributed by atoms with van der Waals surface area (Å²) in [5, 5.41) is 6.61. The van der Waals surface area contributed by atoms with Crippen LogP contribution < -0.4 is 4.80 Å². The van der Waals surface area contributed by atoms with Gasteiger partial charge in [0.2, 0.25) is 4.80 Å². The van der Waals surface area contributed by atoms with E-state index in [9.17, 15) is 4.39 Å². The van der Waals surface area contributed by atoms with Crippen LogP contribution in [-0.4, -0.2) is 23.7 Å². The third-order valence-electron chi connectivity index (χ3n) is 3.56. The lowest BCUT2D eigenvalue weighted by Crippen LogP contribution is -2.12. The van der Waals surface area contributed by atoms with E-state index in [1.54, 1.807) is 23.9 Å². The first-order valence-corrected chi connectivity index (χ1v) is 9.97. The highest BCUT2D eigenvalue weighted by molar-refractivity contribution is 7.98. The molecular formula is C19H18FN3S2. The van der Waals surface area contributed by atoms with E-state index in [4.69, 9.17) is 0 Å². The highest BCUT2D eigenvalue weighted by atomic mass is 32.2. The van der Waals surface area contributed by atoms with Gasteiger partial charge in [-0.25, -0.2) is 9.07 Å². The van der Waals surface area contributed by atoms with Crippen LogP contribution in [0.5, 0.6) is 0 Å². The Hall–Kier alpha value is -2.18. The molecule has 0 spiro atoms. The minimum absolute atomic E-state index is 0.249. The zero-order valence-corrected chi connectivity index (χ0v) is 15.6. The number of hydrogen-bond donors (Lipinski definition) is 0. The second-order valence-corrected chi connectivity index (χ2v) is 6.93. The molecule has 0 saturated heterocycles. The molecule has 0 unspecified atom stereocenters. The molecular weight excluding hydrogens is 353 g/mol. The predicted octanol–water partition coefficient (Wildman–Crippen LogP) is 4.88. The Balaban J connectivity index is 2.00. The minimum Gasteiger partial charge on any atom is -0.258 e. The van der Waals surface area contributed by atoms with Crippen LogP contribution in [0.3, 0.4) is 0 Å². The van der Waals surface area contributed by atoms with Crippen molar-refractivity contribution in [2.24, 2.45) is 10.1 Å². The summed E-state index contributed by atoms with van der Waals surface area (Å²) in [6.07, 6.45) is 3.87. The number of benzene rings is 2. The third-order valence-corrected chi connectivity index (χ3v) is 5.15. The first kappa shape index (κ1) is 17.6. The highest BCUT2D eigenvalue weighted by Crippen LogP contribution is 2.20. The van der Waals surface area contributed by atoms with Crippen LogP contribution in [0.15, 0.2) is 68.9 Å². The molecule has 3 nitrogen and oxygen atoms in total. The molecule has 0 saturated carbocycles. The van der Waals surface area contributed by atoms with Gasteiger partial charge in [0.1, 0.15) is 5.82 Å². The summed E-state index contributed by atoms with van der Waals surface area (Å²) in [6.45, 7) is 2.67. The Morgan fingerprint density at radius 2 is 1.84 bits per heavy atom. The van der Waals surface area contributed by atoms with E-state index in [0.717, 1.165) is 21.6 Å². The Morgan fingerprint density at radius 3 is 2.48 bits per heavy atom. The van der Waals surface area contributed by atoms with Crippen molar-refractivity contribution >= 4 is 29.3 Å². The van der Waals surface area contributed by atoms with Gasteiger partial charge in [-0.05, 0) is 55.1 Å². The molecule has 0 fully saturated rings. The topological polar surface area (TPSA) is 29.6 Å². The quantitative estimate of drug-likeness (QED) is 0.464. The summed E-state index contributed by atoms with van der Waals surface area (Å²) in [7, 11) is 0. The van der Waals surface area contributed by atoms with Crippen molar-refractivity contribution in [3.8, 4) is 11.3 Å². The monoisotopic (exact) mass is 371 g/mol. The first-order valence-electron chi connectivity index (χ1n) is 7.86. The number of rotatable bonds is 5. The summed E-state index contributed by atoms with van der Waals surface area (Å²) in [4.78, 5) is 6.54. The van der Waals surface area contributed by atoms with Crippen molar-refractivity contribution in [3.05, 3.63) is 70.1 Å². The van der Waals surface area contributed by atoms with E-state index in [0.29, 0.717) is 6.54 Å². The fraction of sp³-hybridized carbons (Fsp3) is 0.158. The van der Waals surface area contributed by atoms with Crippen LogP contribution in [0.25, 0.3) is 11.3 Å². The van der Waals surface area contributed by atoms with Crippen molar-refractivity contribution in [1.29, 1.82) is 0 Å². The van der Waals surface area contributed by atoms with Gasteiger partial charge >= 0.3 is 0 Å². The maximum Gasteiger partial charge on any atom is 0.206 e. The molecule has 1 heterocycles. The lowest BCUT2D eigenvalue weighted by molar-refractivity contribution is 0.628. The molecule has 0 amide bonds. The van der Waals surface area contributed by atoms with Gasteiger partial charge in [0, 0.05) is 22.4 Å². The Kier molecular flexibility index (Phi) is 5.83. The molecule has 2 aromatic carbocycles. The second kappa shape index (κ2) is 8.27. The van der Waals surface area contributed by atoms with Crippen molar-refractivity contribution < 1.29 is 4.39 Å². The first-order chi connectivity index (χ1) is 12.2. The Morgan fingerprint density at radius 1 is 1.12 bits per heavy atom. The molecule has 3 rings (SSSR count). The SMILES string of the molecule is CCN=c1scc(-c2ccc(F)cc2)n1/N=C\c1ccc(SC)cc1. The minimum atomic E-state index is -0.249. The van der Waals surface area contributed by atoms with Crippen molar-refractivity contribution in [3.63, 3.8) is 0 Å². The fourth-order valence-corrected chi connectivity index (χ4v) is 3.60. The van der Waals surface area contributed by atoms with Crippen LogP contribution in [0.4, 0.5) is 4.39 Å². The van der Waals surface area contributed by atoms with E-state index in [2.05, 4.69) is 28.5 Å². The van der Waals surface area contributed by atoms with Gasteiger partial charge in [-0.15, -0.1) is 23.1 Å². The average Bonchev–Trinajstić information content (AvgIpc) is 3.04. The van der Waals surface area contributed by atoms with Crippen LogP contribution in [0.1, 0.15) is 12.5 Å². The molecule has 0 N–H and O–H groups in total. The second-order valence-electron chi connectivity index (χ2n) is 5.21. The van der Waals surface area contributed by atoms with Gasteiger partial charge < -0.3 is 0 Å². The number of nitrogens with zero attached hydrogens (tertiary/aromatic N) is 3. The molecule has 0 aliphatic carbocycles. The maximum absolute atomic E-state index is 13.2. The Labute approximate surface area is 154 Å². The van der Waals surface area contributed by atoms with Crippen LogP contribution >= 0.6 is 23.1 Å². The van der Waals surface area contributed by atoms with Crippen molar-refractivity contribution in [1.82, 2.24) is 4.68 Å². The lowest BCUT2D eigenvalue weighted by Gasteiger charge is -2.04. The standard InChI is InChI=1S/C19H18FN3S2/c1-3-21-19-23(22-12-14-4-10-17(24-2)11-5-14)18(13-25-19)15-6-8-16(20)9-7-15/h4-13H,3H2,1-2H3/b21-19?,22-12-. The molecule has 0 radical (unpaired) electrons. The van der Waals surface area contributed by atoms with E-state index >= 15 is 0 Å². The number of hydrogen-bond acceptors (Lipinski definition) is 4. The maximum atomic E-state index is 13.2. The van der Waals surface area contributed by atoms with E-state index < -0.39 is 0 Å². The normalized spacial score (nSPS) is 12.2. The van der Waals surface area contributed by atoms with Gasteiger partial charge in [-0.3, -0.25) is 4.99 Å². The smallest absolute Gasteiger partial charge is 0.206 e. The molecule has 0 bridgehead atoms. The molecule has 128 valence electrons. The molecule has 0 aliphatic rings. The van der Waals surface area contributed by atoms with Crippen LogP contribution in [-0.2, 0) is 0 Å². The summed E-state index contributed by atoms with van der Waals surface area (Å²) >= 11 is 3.24. The Bertz CT molecular complexity index is 923.